The van der Waals surface area contributed by atoms with Crippen LogP contribution in [0, 0.1) is 12.8 Å². The van der Waals surface area contributed by atoms with Crippen molar-refractivity contribution in [2.24, 2.45) is 5.92 Å². The third-order valence-corrected chi connectivity index (χ3v) is 7.69. The Kier molecular flexibility index (Phi) is 7.34. The SMILES string of the molecule is CC(=O)Nc1nc(C)c(C(=O)NCc2ccc(CN3CCc4cc(OCC5CC5)ccc4C3)cc2)s1. The predicted molar refractivity (Wildman–Crippen MR) is 141 cm³/mol. The summed E-state index contributed by atoms with van der Waals surface area (Å²) in [5, 5.41) is 6.03. The van der Waals surface area contributed by atoms with Crippen LogP contribution in [0.4, 0.5) is 5.13 Å². The molecule has 5 rings (SSSR count). The Hall–Kier alpha value is -3.23. The van der Waals surface area contributed by atoms with Gasteiger partial charge in [-0.15, -0.1) is 0 Å². The van der Waals surface area contributed by atoms with E-state index in [0.717, 1.165) is 49.9 Å². The van der Waals surface area contributed by atoms with Crippen molar-refractivity contribution >= 4 is 28.3 Å². The summed E-state index contributed by atoms with van der Waals surface area (Å²) in [7, 11) is 0. The summed E-state index contributed by atoms with van der Waals surface area (Å²) in [5.74, 6) is 1.40. The molecule has 3 aromatic rings. The molecule has 0 saturated heterocycles. The van der Waals surface area contributed by atoms with E-state index in [4.69, 9.17) is 4.74 Å². The Morgan fingerprint density at radius 2 is 1.89 bits per heavy atom. The number of benzene rings is 2. The molecule has 1 aliphatic heterocycles. The van der Waals surface area contributed by atoms with Crippen molar-refractivity contribution in [2.75, 3.05) is 18.5 Å². The van der Waals surface area contributed by atoms with E-state index in [1.165, 1.54) is 47.8 Å². The van der Waals surface area contributed by atoms with Crippen molar-refractivity contribution in [2.45, 2.75) is 52.7 Å². The molecule has 1 aliphatic carbocycles. The number of carbonyl (C=O) groups excluding carboxylic acids is 2. The fourth-order valence-electron chi connectivity index (χ4n) is 4.41. The van der Waals surface area contributed by atoms with Gasteiger partial charge >= 0.3 is 0 Å². The zero-order valence-electron chi connectivity index (χ0n) is 20.8. The van der Waals surface area contributed by atoms with E-state index in [9.17, 15) is 9.59 Å². The average molecular weight is 505 g/mol. The maximum absolute atomic E-state index is 12.6. The lowest BCUT2D eigenvalue weighted by atomic mass is 9.99. The highest BCUT2D eigenvalue weighted by Crippen LogP contribution is 2.31. The molecule has 2 amide bonds. The van der Waals surface area contributed by atoms with E-state index < -0.39 is 0 Å². The highest BCUT2D eigenvalue weighted by Gasteiger charge is 2.22. The van der Waals surface area contributed by atoms with Gasteiger partial charge in [-0.1, -0.05) is 41.7 Å². The molecule has 0 spiro atoms. The second-order valence-electron chi connectivity index (χ2n) is 9.76. The van der Waals surface area contributed by atoms with Gasteiger partial charge < -0.3 is 15.4 Å². The zero-order valence-corrected chi connectivity index (χ0v) is 21.6. The van der Waals surface area contributed by atoms with Crippen molar-refractivity contribution in [1.29, 1.82) is 0 Å². The minimum absolute atomic E-state index is 0.182. The van der Waals surface area contributed by atoms with E-state index in [1.54, 1.807) is 6.92 Å². The van der Waals surface area contributed by atoms with E-state index in [-0.39, 0.29) is 11.8 Å². The summed E-state index contributed by atoms with van der Waals surface area (Å²) in [6.07, 6.45) is 3.66. The Balaban J connectivity index is 1.11. The van der Waals surface area contributed by atoms with Crippen LogP contribution < -0.4 is 15.4 Å². The normalized spacial score (nSPS) is 15.3. The summed E-state index contributed by atoms with van der Waals surface area (Å²) >= 11 is 1.19. The van der Waals surface area contributed by atoms with Crippen molar-refractivity contribution in [3.63, 3.8) is 0 Å². The van der Waals surface area contributed by atoms with Crippen molar-refractivity contribution in [3.8, 4) is 5.75 Å². The van der Waals surface area contributed by atoms with Gasteiger partial charge in [-0.2, -0.15) is 0 Å². The van der Waals surface area contributed by atoms with Crippen LogP contribution in [0.1, 0.15) is 57.4 Å². The molecule has 8 heteroatoms. The van der Waals surface area contributed by atoms with Gasteiger partial charge in [0.1, 0.15) is 10.6 Å². The van der Waals surface area contributed by atoms with Gasteiger partial charge in [0, 0.05) is 33.1 Å². The first-order chi connectivity index (χ1) is 17.4. The van der Waals surface area contributed by atoms with Gasteiger partial charge in [0.05, 0.1) is 12.3 Å². The lowest BCUT2D eigenvalue weighted by Gasteiger charge is -2.29. The molecule has 1 saturated carbocycles. The van der Waals surface area contributed by atoms with E-state index in [2.05, 4.69) is 63.0 Å². The number of nitrogens with zero attached hydrogens (tertiary/aromatic N) is 2. The molecule has 7 nitrogen and oxygen atoms in total. The number of aromatic nitrogens is 1. The van der Waals surface area contributed by atoms with Crippen LogP contribution in [0.15, 0.2) is 42.5 Å². The smallest absolute Gasteiger partial charge is 0.263 e. The number of aryl methyl sites for hydroxylation is 1. The highest BCUT2D eigenvalue weighted by atomic mass is 32.1. The Morgan fingerprint density at radius 3 is 2.64 bits per heavy atom. The number of carbonyl (C=O) groups is 2. The summed E-state index contributed by atoms with van der Waals surface area (Å²) in [6, 6.07) is 15.0. The number of amides is 2. The number of nitrogens with one attached hydrogen (secondary N) is 2. The monoisotopic (exact) mass is 504 g/mol. The molecular formula is C28H32N4O3S. The fourth-order valence-corrected chi connectivity index (χ4v) is 5.33. The highest BCUT2D eigenvalue weighted by molar-refractivity contribution is 7.17. The second kappa shape index (κ2) is 10.8. The van der Waals surface area contributed by atoms with Crippen molar-refractivity contribution in [1.82, 2.24) is 15.2 Å². The summed E-state index contributed by atoms with van der Waals surface area (Å²) in [5.41, 5.74) is 5.71. The number of rotatable bonds is 9. The van der Waals surface area contributed by atoms with Gasteiger partial charge in [0.15, 0.2) is 5.13 Å². The maximum Gasteiger partial charge on any atom is 0.263 e. The zero-order chi connectivity index (χ0) is 25.1. The lowest BCUT2D eigenvalue weighted by Crippen LogP contribution is -2.30. The summed E-state index contributed by atoms with van der Waals surface area (Å²) in [4.78, 5) is 31.0. The number of thiazole rings is 1. The van der Waals surface area contributed by atoms with Crippen LogP contribution in [-0.4, -0.2) is 34.8 Å². The van der Waals surface area contributed by atoms with Gasteiger partial charge in [-0.3, -0.25) is 14.5 Å². The van der Waals surface area contributed by atoms with Crippen LogP contribution in [0.25, 0.3) is 0 Å². The molecule has 0 unspecified atom stereocenters. The van der Waals surface area contributed by atoms with Crippen molar-refractivity contribution in [3.05, 3.63) is 75.3 Å². The number of hydrogen-bond donors (Lipinski definition) is 2. The van der Waals surface area contributed by atoms with Crippen LogP contribution in [-0.2, 0) is 30.8 Å². The number of anilines is 1. The van der Waals surface area contributed by atoms with Gasteiger partial charge in [-0.25, -0.2) is 4.98 Å². The molecule has 2 N–H and O–H groups in total. The first-order valence-electron chi connectivity index (χ1n) is 12.5. The molecule has 36 heavy (non-hydrogen) atoms. The van der Waals surface area contributed by atoms with Gasteiger partial charge in [0.2, 0.25) is 5.91 Å². The Bertz CT molecular complexity index is 1250. The molecule has 2 heterocycles. The number of fused-ring (bicyclic) bond motifs is 1. The molecule has 1 aromatic heterocycles. The molecule has 0 radical (unpaired) electrons. The summed E-state index contributed by atoms with van der Waals surface area (Å²) in [6.45, 7) is 7.37. The first-order valence-corrected chi connectivity index (χ1v) is 13.3. The van der Waals surface area contributed by atoms with E-state index >= 15 is 0 Å². The quantitative estimate of drug-likeness (QED) is 0.442. The largest absolute Gasteiger partial charge is 0.493 e. The molecular weight excluding hydrogens is 472 g/mol. The lowest BCUT2D eigenvalue weighted by molar-refractivity contribution is -0.114. The Morgan fingerprint density at radius 1 is 1.11 bits per heavy atom. The molecule has 188 valence electrons. The predicted octanol–water partition coefficient (Wildman–Crippen LogP) is 4.69. The van der Waals surface area contributed by atoms with Crippen LogP contribution >= 0.6 is 11.3 Å². The van der Waals surface area contributed by atoms with Crippen LogP contribution in [0.5, 0.6) is 5.75 Å². The topological polar surface area (TPSA) is 83.6 Å². The molecule has 0 atom stereocenters. The van der Waals surface area contributed by atoms with Gasteiger partial charge in [-0.05, 0) is 66.5 Å². The minimum atomic E-state index is -0.201. The van der Waals surface area contributed by atoms with Gasteiger partial charge in [0.25, 0.3) is 5.91 Å². The van der Waals surface area contributed by atoms with Crippen molar-refractivity contribution < 1.29 is 14.3 Å². The molecule has 1 fully saturated rings. The number of hydrogen-bond acceptors (Lipinski definition) is 6. The third-order valence-electron chi connectivity index (χ3n) is 6.62. The van der Waals surface area contributed by atoms with E-state index in [0.29, 0.717) is 22.2 Å². The average Bonchev–Trinajstić information content (AvgIpc) is 3.62. The fraction of sp³-hybridized carbons (Fsp3) is 0.393. The maximum atomic E-state index is 12.6. The van der Waals surface area contributed by atoms with E-state index in [1.807, 2.05) is 0 Å². The first kappa shape index (κ1) is 24.5. The summed E-state index contributed by atoms with van der Waals surface area (Å²) < 4.78 is 5.95. The second-order valence-corrected chi connectivity index (χ2v) is 10.8. The van der Waals surface area contributed by atoms with Crippen LogP contribution in [0.2, 0.25) is 0 Å². The minimum Gasteiger partial charge on any atom is -0.493 e. The molecule has 2 aliphatic rings. The third kappa shape index (κ3) is 6.30. The van der Waals surface area contributed by atoms with Crippen LogP contribution in [0.3, 0.4) is 0 Å². The molecule has 0 bridgehead atoms. The number of ether oxygens (including phenoxy) is 1. The standard InChI is InChI=1S/C28H32N4O3S/c1-18-26(36-28(30-18)31-19(2)33)27(34)29-14-20-3-5-21(6-4-20)15-32-12-11-23-13-25(10-9-24(23)16-32)35-17-22-7-8-22/h3-6,9-10,13,22H,7-8,11-12,14-17H2,1-2H3,(H,29,34)(H,30,31,33). The molecule has 2 aromatic carbocycles. The Labute approximate surface area is 215 Å².